The van der Waals surface area contributed by atoms with Gasteiger partial charge in [-0.2, -0.15) is 0 Å². The van der Waals surface area contributed by atoms with Crippen LogP contribution in [0.4, 0.5) is 4.39 Å². The van der Waals surface area contributed by atoms with Crippen LogP contribution in [0, 0.1) is 0 Å². The van der Waals surface area contributed by atoms with E-state index in [1.165, 1.54) is 0 Å². The highest BCUT2D eigenvalue weighted by Gasteiger charge is 2.46. The first-order chi connectivity index (χ1) is 9.69. The summed E-state index contributed by atoms with van der Waals surface area (Å²) < 4.78 is 14.7. The largest absolute Gasteiger partial charge is 0.333 e. The number of amides is 1. The summed E-state index contributed by atoms with van der Waals surface area (Å²) in [5.74, 6) is -0.323. The maximum atomic E-state index is 14.7. The fourth-order valence-electron chi connectivity index (χ4n) is 2.95. The highest BCUT2D eigenvalue weighted by Crippen LogP contribution is 2.31. The summed E-state index contributed by atoms with van der Waals surface area (Å²) in [4.78, 5) is 14.4. The van der Waals surface area contributed by atoms with Crippen LogP contribution in [0.5, 0.6) is 0 Å². The van der Waals surface area contributed by atoms with E-state index in [1.54, 1.807) is 4.90 Å². The van der Waals surface area contributed by atoms with Crippen LogP contribution in [-0.2, 0) is 11.3 Å². The molecule has 1 aromatic carbocycles. The smallest absolute Gasteiger partial charge is 0.262 e. The number of nitrogens with one attached hydrogen (secondary N) is 1. The zero-order valence-electron chi connectivity index (χ0n) is 11.6. The molecule has 1 aliphatic carbocycles. The van der Waals surface area contributed by atoms with Gasteiger partial charge in [-0.25, -0.2) is 4.39 Å². The Hall–Kier alpha value is -1.42. The topological polar surface area (TPSA) is 32.3 Å². The van der Waals surface area contributed by atoms with Crippen molar-refractivity contribution in [3.05, 3.63) is 35.9 Å². The van der Waals surface area contributed by atoms with Crippen LogP contribution in [0.2, 0.25) is 0 Å². The maximum Gasteiger partial charge on any atom is 0.262 e. The predicted octanol–water partition coefficient (Wildman–Crippen LogP) is 2.27. The molecule has 2 aliphatic rings. The molecule has 1 atom stereocenters. The fraction of sp³-hybridized carbons (Fsp3) is 0.562. The summed E-state index contributed by atoms with van der Waals surface area (Å²) in [6, 6.07) is 10.1. The third-order valence-electron chi connectivity index (χ3n) is 4.46. The molecule has 3 rings (SSSR count). The van der Waals surface area contributed by atoms with Crippen LogP contribution < -0.4 is 5.32 Å². The zero-order valence-corrected chi connectivity index (χ0v) is 11.6. The van der Waals surface area contributed by atoms with E-state index in [0.717, 1.165) is 24.8 Å². The van der Waals surface area contributed by atoms with Gasteiger partial charge in [0, 0.05) is 25.6 Å². The van der Waals surface area contributed by atoms with Crippen LogP contribution in [-0.4, -0.2) is 35.6 Å². The second-order valence-electron chi connectivity index (χ2n) is 5.90. The van der Waals surface area contributed by atoms with Crippen molar-refractivity contribution < 1.29 is 9.18 Å². The van der Waals surface area contributed by atoms with Crippen LogP contribution in [0.1, 0.15) is 31.2 Å². The molecule has 3 nitrogen and oxygen atoms in total. The van der Waals surface area contributed by atoms with Gasteiger partial charge in [0.2, 0.25) is 5.67 Å². The normalized spacial score (nSPS) is 26.2. The Morgan fingerprint density at radius 2 is 2.10 bits per heavy atom. The van der Waals surface area contributed by atoms with Crippen molar-refractivity contribution in [2.75, 3.05) is 13.1 Å². The molecule has 0 radical (unpaired) electrons. The van der Waals surface area contributed by atoms with Gasteiger partial charge in [0.15, 0.2) is 0 Å². The van der Waals surface area contributed by atoms with Crippen molar-refractivity contribution >= 4 is 5.91 Å². The quantitative estimate of drug-likeness (QED) is 0.915. The van der Waals surface area contributed by atoms with Crippen molar-refractivity contribution in [3.63, 3.8) is 0 Å². The second kappa shape index (κ2) is 5.52. The number of nitrogens with zero attached hydrogens (tertiary/aromatic N) is 1. The monoisotopic (exact) mass is 276 g/mol. The van der Waals surface area contributed by atoms with Crippen molar-refractivity contribution in [2.24, 2.45) is 0 Å². The Kier molecular flexibility index (Phi) is 3.74. The van der Waals surface area contributed by atoms with Crippen molar-refractivity contribution in [3.8, 4) is 0 Å². The molecular formula is C16H21FN2O. The molecule has 1 unspecified atom stereocenters. The van der Waals surface area contributed by atoms with E-state index < -0.39 is 5.67 Å². The van der Waals surface area contributed by atoms with Gasteiger partial charge in [-0.3, -0.25) is 4.79 Å². The molecule has 1 saturated carbocycles. The third kappa shape index (κ3) is 2.57. The molecule has 0 spiro atoms. The number of benzene rings is 1. The molecule has 108 valence electrons. The van der Waals surface area contributed by atoms with E-state index in [1.807, 2.05) is 30.3 Å². The Morgan fingerprint density at radius 1 is 1.35 bits per heavy atom. The van der Waals surface area contributed by atoms with Gasteiger partial charge in [0.05, 0.1) is 0 Å². The average Bonchev–Trinajstić information content (AvgIpc) is 2.84. The summed E-state index contributed by atoms with van der Waals surface area (Å²) >= 11 is 0. The second-order valence-corrected chi connectivity index (χ2v) is 5.90. The Labute approximate surface area is 119 Å². The van der Waals surface area contributed by atoms with E-state index in [9.17, 15) is 9.18 Å². The molecule has 2 fully saturated rings. The van der Waals surface area contributed by atoms with E-state index >= 15 is 0 Å². The molecule has 20 heavy (non-hydrogen) atoms. The van der Waals surface area contributed by atoms with Crippen LogP contribution in [0.15, 0.2) is 30.3 Å². The Morgan fingerprint density at radius 3 is 2.65 bits per heavy atom. The molecule has 0 bridgehead atoms. The van der Waals surface area contributed by atoms with Crippen molar-refractivity contribution in [1.82, 2.24) is 10.2 Å². The Balaban J connectivity index is 1.77. The lowest BCUT2D eigenvalue weighted by atomic mass is 9.89. The van der Waals surface area contributed by atoms with Gasteiger partial charge >= 0.3 is 0 Å². The summed E-state index contributed by atoms with van der Waals surface area (Å²) in [6.45, 7) is 1.27. The van der Waals surface area contributed by atoms with Gasteiger partial charge in [-0.1, -0.05) is 30.3 Å². The maximum absolute atomic E-state index is 14.7. The van der Waals surface area contributed by atoms with Crippen LogP contribution >= 0.6 is 0 Å². The SMILES string of the molecule is O=C(N(Cc1ccccc1)C1CCC1)C1(F)CCNC1. The molecule has 1 heterocycles. The van der Waals surface area contributed by atoms with E-state index in [2.05, 4.69) is 5.32 Å². The fourth-order valence-corrected chi connectivity index (χ4v) is 2.95. The van der Waals surface area contributed by atoms with Gasteiger partial charge in [0.1, 0.15) is 0 Å². The number of carbonyl (C=O) groups excluding carboxylic acids is 1. The minimum absolute atomic E-state index is 0.157. The highest BCUT2D eigenvalue weighted by atomic mass is 19.1. The first-order valence-corrected chi connectivity index (χ1v) is 7.44. The number of halogens is 1. The number of rotatable bonds is 4. The standard InChI is InChI=1S/C16H21FN2O/c17-16(9-10-18-12-16)15(20)19(14-7-4-8-14)11-13-5-2-1-3-6-13/h1-3,5-6,14,18H,4,7-12H2. The molecule has 1 aliphatic heterocycles. The van der Waals surface area contributed by atoms with Gasteiger partial charge in [-0.15, -0.1) is 0 Å². The molecule has 0 aromatic heterocycles. The lowest BCUT2D eigenvalue weighted by Gasteiger charge is -2.40. The number of alkyl halides is 1. The average molecular weight is 276 g/mol. The lowest BCUT2D eigenvalue weighted by molar-refractivity contribution is -0.148. The number of hydrogen-bond acceptors (Lipinski definition) is 2. The minimum atomic E-state index is -1.70. The van der Waals surface area contributed by atoms with Gasteiger partial charge in [-0.05, 0) is 31.4 Å². The summed E-state index contributed by atoms with van der Waals surface area (Å²) in [6.07, 6.45) is 3.44. The molecule has 1 aromatic rings. The minimum Gasteiger partial charge on any atom is -0.333 e. The third-order valence-corrected chi connectivity index (χ3v) is 4.46. The summed E-state index contributed by atoms with van der Waals surface area (Å²) in [7, 11) is 0. The molecule has 4 heteroatoms. The summed E-state index contributed by atoms with van der Waals surface area (Å²) in [5, 5.41) is 2.96. The number of carbonyl (C=O) groups is 1. The molecule has 1 saturated heterocycles. The number of hydrogen-bond donors (Lipinski definition) is 1. The van der Waals surface area contributed by atoms with E-state index in [0.29, 0.717) is 19.5 Å². The molecular weight excluding hydrogens is 255 g/mol. The van der Waals surface area contributed by atoms with Crippen LogP contribution in [0.25, 0.3) is 0 Å². The highest BCUT2D eigenvalue weighted by molar-refractivity contribution is 5.86. The molecule has 1 N–H and O–H groups in total. The summed E-state index contributed by atoms with van der Waals surface area (Å²) in [5.41, 5.74) is -0.632. The molecule has 1 amide bonds. The van der Waals surface area contributed by atoms with Gasteiger partial charge < -0.3 is 10.2 Å². The Bertz CT molecular complexity index is 467. The zero-order chi connectivity index (χ0) is 14.0. The van der Waals surface area contributed by atoms with E-state index in [-0.39, 0.29) is 18.5 Å². The van der Waals surface area contributed by atoms with Crippen LogP contribution in [0.3, 0.4) is 0 Å². The van der Waals surface area contributed by atoms with Crippen molar-refractivity contribution in [1.29, 1.82) is 0 Å². The predicted molar refractivity (Wildman–Crippen MR) is 76.0 cm³/mol. The van der Waals surface area contributed by atoms with Gasteiger partial charge in [0.25, 0.3) is 5.91 Å². The van der Waals surface area contributed by atoms with E-state index in [4.69, 9.17) is 0 Å². The first kappa shape index (κ1) is 13.6. The lowest BCUT2D eigenvalue weighted by Crippen LogP contribution is -2.53. The van der Waals surface area contributed by atoms with Crippen molar-refractivity contribution in [2.45, 2.75) is 43.9 Å². The first-order valence-electron chi connectivity index (χ1n) is 7.44.